The molecule has 0 aliphatic rings. The van der Waals surface area contributed by atoms with Gasteiger partial charge in [0.2, 0.25) is 0 Å². The molecule has 3 aromatic rings. The van der Waals surface area contributed by atoms with E-state index in [4.69, 9.17) is 16.3 Å². The fourth-order valence-electron chi connectivity index (χ4n) is 2.51. The van der Waals surface area contributed by atoms with Gasteiger partial charge >= 0.3 is 0 Å². The Hall–Kier alpha value is -3.64. The van der Waals surface area contributed by atoms with Gasteiger partial charge in [-0.25, -0.2) is 5.43 Å². The van der Waals surface area contributed by atoms with Crippen LogP contribution in [0.4, 0.5) is 0 Å². The summed E-state index contributed by atoms with van der Waals surface area (Å²) in [5.41, 5.74) is 4.56. The first-order valence-electron chi connectivity index (χ1n) is 9.23. The molecule has 0 atom stereocenters. The van der Waals surface area contributed by atoms with Crippen molar-refractivity contribution in [1.29, 1.82) is 0 Å². The van der Waals surface area contributed by atoms with Gasteiger partial charge in [-0.15, -0.1) is 0 Å². The second-order valence-corrected chi connectivity index (χ2v) is 6.71. The minimum absolute atomic E-state index is 0.215. The van der Waals surface area contributed by atoms with E-state index in [9.17, 15) is 9.59 Å². The number of hydrazone groups is 1. The van der Waals surface area contributed by atoms with Gasteiger partial charge in [-0.05, 0) is 47.5 Å². The molecular formula is C23H20ClN3O3. The average Bonchev–Trinajstić information content (AvgIpc) is 2.78. The summed E-state index contributed by atoms with van der Waals surface area (Å²) in [7, 11) is 0. The number of amides is 2. The van der Waals surface area contributed by atoms with Crippen LogP contribution in [0.3, 0.4) is 0 Å². The van der Waals surface area contributed by atoms with Gasteiger partial charge in [0, 0.05) is 0 Å². The minimum Gasteiger partial charge on any atom is -0.489 e. The number of benzene rings is 3. The van der Waals surface area contributed by atoms with Gasteiger partial charge in [0.1, 0.15) is 12.4 Å². The lowest BCUT2D eigenvalue weighted by atomic mass is 10.2. The van der Waals surface area contributed by atoms with Gasteiger partial charge in [-0.2, -0.15) is 5.10 Å². The summed E-state index contributed by atoms with van der Waals surface area (Å²) in [6.45, 7) is 0.276. The van der Waals surface area contributed by atoms with Gasteiger partial charge in [-0.1, -0.05) is 54.1 Å². The first-order valence-corrected chi connectivity index (χ1v) is 9.61. The van der Waals surface area contributed by atoms with Crippen molar-refractivity contribution in [2.75, 3.05) is 6.54 Å². The molecule has 0 bridgehead atoms. The van der Waals surface area contributed by atoms with E-state index in [1.807, 2.05) is 54.6 Å². The molecule has 0 fully saturated rings. The zero-order chi connectivity index (χ0) is 21.2. The molecule has 2 N–H and O–H groups in total. The average molecular weight is 422 g/mol. The van der Waals surface area contributed by atoms with Crippen LogP contribution in [0.2, 0.25) is 5.02 Å². The van der Waals surface area contributed by atoms with Crippen LogP contribution in [0.15, 0.2) is 84.0 Å². The Balaban J connectivity index is 1.41. The molecule has 0 aliphatic carbocycles. The first kappa shape index (κ1) is 21.1. The normalized spacial score (nSPS) is 10.6. The Morgan fingerprint density at radius 2 is 1.63 bits per heavy atom. The van der Waals surface area contributed by atoms with Crippen LogP contribution < -0.4 is 15.5 Å². The van der Waals surface area contributed by atoms with Crippen molar-refractivity contribution in [3.8, 4) is 5.75 Å². The fraction of sp³-hybridized carbons (Fsp3) is 0.0870. The first-order chi connectivity index (χ1) is 14.6. The van der Waals surface area contributed by atoms with E-state index in [0.717, 1.165) is 16.9 Å². The van der Waals surface area contributed by atoms with Crippen LogP contribution in [0.25, 0.3) is 0 Å². The maximum atomic E-state index is 12.0. The smallest absolute Gasteiger partial charge is 0.259 e. The topological polar surface area (TPSA) is 79.8 Å². The van der Waals surface area contributed by atoms with Gasteiger partial charge in [0.15, 0.2) is 0 Å². The second-order valence-electron chi connectivity index (χ2n) is 6.30. The quantitative estimate of drug-likeness (QED) is 0.429. The number of ether oxygens (including phenoxy) is 1. The number of nitrogens with one attached hydrogen (secondary N) is 2. The Kier molecular flexibility index (Phi) is 7.58. The molecule has 2 amide bonds. The molecule has 0 saturated heterocycles. The van der Waals surface area contributed by atoms with Crippen LogP contribution in [-0.4, -0.2) is 24.6 Å². The maximum absolute atomic E-state index is 12.0. The van der Waals surface area contributed by atoms with E-state index in [-0.39, 0.29) is 6.54 Å². The lowest BCUT2D eigenvalue weighted by Crippen LogP contribution is -2.35. The highest BCUT2D eigenvalue weighted by Gasteiger charge is 2.10. The summed E-state index contributed by atoms with van der Waals surface area (Å²) in [6, 6.07) is 23.8. The van der Waals surface area contributed by atoms with Crippen LogP contribution in [0.5, 0.6) is 5.75 Å². The Labute approximate surface area is 179 Å². The van der Waals surface area contributed by atoms with E-state index in [1.54, 1.807) is 24.3 Å². The molecule has 3 aromatic carbocycles. The van der Waals surface area contributed by atoms with E-state index >= 15 is 0 Å². The number of carbonyl (C=O) groups excluding carboxylic acids is 2. The molecule has 0 radical (unpaired) electrons. The molecular weight excluding hydrogens is 402 g/mol. The molecule has 0 heterocycles. The number of halogens is 1. The maximum Gasteiger partial charge on any atom is 0.259 e. The van der Waals surface area contributed by atoms with Crippen molar-refractivity contribution in [3.05, 3.63) is 101 Å². The molecule has 7 heteroatoms. The van der Waals surface area contributed by atoms with Gasteiger partial charge in [0.05, 0.1) is 23.3 Å². The molecule has 3 rings (SSSR count). The van der Waals surface area contributed by atoms with E-state index in [1.165, 1.54) is 6.21 Å². The number of nitrogens with zero attached hydrogens (tertiary/aromatic N) is 1. The van der Waals surface area contributed by atoms with E-state index in [0.29, 0.717) is 17.2 Å². The lowest BCUT2D eigenvalue weighted by molar-refractivity contribution is -0.120. The van der Waals surface area contributed by atoms with Crippen molar-refractivity contribution < 1.29 is 14.3 Å². The molecule has 30 heavy (non-hydrogen) atoms. The van der Waals surface area contributed by atoms with Crippen LogP contribution >= 0.6 is 11.6 Å². The standard InChI is InChI=1S/C23H20ClN3O3/c24-21-9-5-4-8-20(21)23(29)25-15-22(28)27-26-14-17-10-12-19(13-11-17)30-16-18-6-2-1-3-7-18/h1-14H,15-16H2,(H,25,29)(H,27,28). The van der Waals surface area contributed by atoms with Gasteiger partial charge in [0.25, 0.3) is 11.8 Å². The van der Waals surface area contributed by atoms with Crippen molar-refractivity contribution >= 4 is 29.6 Å². The number of rotatable bonds is 8. The van der Waals surface area contributed by atoms with Crippen molar-refractivity contribution in [1.82, 2.24) is 10.7 Å². The Bertz CT molecular complexity index is 1020. The second kappa shape index (κ2) is 10.8. The molecule has 6 nitrogen and oxygen atoms in total. The summed E-state index contributed by atoms with van der Waals surface area (Å²) in [5, 5.41) is 6.71. The molecule has 0 aromatic heterocycles. The van der Waals surface area contributed by atoms with Crippen LogP contribution in [-0.2, 0) is 11.4 Å². The number of hydrogen-bond donors (Lipinski definition) is 2. The number of carbonyl (C=O) groups is 2. The summed E-state index contributed by atoms with van der Waals surface area (Å²) in [6.07, 6.45) is 1.51. The molecule has 152 valence electrons. The van der Waals surface area contributed by atoms with Crippen molar-refractivity contribution in [2.24, 2.45) is 5.10 Å². The third kappa shape index (κ3) is 6.46. The van der Waals surface area contributed by atoms with Crippen molar-refractivity contribution in [3.63, 3.8) is 0 Å². The zero-order valence-corrected chi connectivity index (χ0v) is 16.8. The predicted octanol–water partition coefficient (Wildman–Crippen LogP) is 3.80. The van der Waals surface area contributed by atoms with E-state index in [2.05, 4.69) is 15.8 Å². The third-order valence-corrected chi connectivity index (χ3v) is 4.39. The summed E-state index contributed by atoms with van der Waals surface area (Å²) < 4.78 is 5.73. The van der Waals surface area contributed by atoms with Gasteiger partial charge < -0.3 is 10.1 Å². The minimum atomic E-state index is -0.450. The Morgan fingerprint density at radius 3 is 2.37 bits per heavy atom. The fourth-order valence-corrected chi connectivity index (χ4v) is 2.73. The molecule has 0 spiro atoms. The predicted molar refractivity (Wildman–Crippen MR) is 117 cm³/mol. The zero-order valence-electron chi connectivity index (χ0n) is 16.0. The Morgan fingerprint density at radius 1 is 0.933 bits per heavy atom. The lowest BCUT2D eigenvalue weighted by Gasteiger charge is -2.06. The third-order valence-electron chi connectivity index (χ3n) is 4.06. The van der Waals surface area contributed by atoms with Gasteiger partial charge in [-0.3, -0.25) is 9.59 Å². The molecule has 0 aliphatic heterocycles. The van der Waals surface area contributed by atoms with Crippen LogP contribution in [0.1, 0.15) is 21.5 Å². The van der Waals surface area contributed by atoms with Crippen molar-refractivity contribution in [2.45, 2.75) is 6.61 Å². The molecule has 0 saturated carbocycles. The monoisotopic (exact) mass is 421 g/mol. The highest BCUT2D eigenvalue weighted by molar-refractivity contribution is 6.33. The molecule has 0 unspecified atom stereocenters. The van der Waals surface area contributed by atoms with Crippen LogP contribution in [0, 0.1) is 0 Å². The van der Waals surface area contributed by atoms with E-state index < -0.39 is 11.8 Å². The highest BCUT2D eigenvalue weighted by atomic mass is 35.5. The summed E-state index contributed by atoms with van der Waals surface area (Å²) in [5.74, 6) is -0.136. The SMILES string of the molecule is O=C(CNC(=O)c1ccccc1Cl)NN=Cc1ccc(OCc2ccccc2)cc1. The summed E-state index contributed by atoms with van der Waals surface area (Å²) in [4.78, 5) is 23.9. The summed E-state index contributed by atoms with van der Waals surface area (Å²) >= 11 is 5.95. The number of hydrogen-bond acceptors (Lipinski definition) is 4. The highest BCUT2D eigenvalue weighted by Crippen LogP contribution is 2.14. The largest absolute Gasteiger partial charge is 0.489 e.